The molecule has 2 N–H and O–H groups in total. The molecule has 0 rings (SSSR count). The van der Waals surface area contributed by atoms with Crippen molar-refractivity contribution in [2.75, 3.05) is 0 Å². The zero-order valence-electron chi connectivity index (χ0n) is 18.1. The number of hydrogen-bond donors (Lipinski definition) is 1. The molecule has 0 aromatic carbocycles. The second kappa shape index (κ2) is 19.0. The van der Waals surface area contributed by atoms with Gasteiger partial charge in [-0.15, -0.1) is 12.4 Å². The van der Waals surface area contributed by atoms with E-state index >= 15 is 0 Å². The molecular formula is C23H50ClN. The monoisotopic (exact) mass is 375 g/mol. The van der Waals surface area contributed by atoms with Gasteiger partial charge in [-0.25, -0.2) is 0 Å². The van der Waals surface area contributed by atoms with Gasteiger partial charge < -0.3 is 5.73 Å². The average Bonchev–Trinajstić information content (AvgIpc) is 2.53. The van der Waals surface area contributed by atoms with Crippen molar-refractivity contribution in [3.05, 3.63) is 0 Å². The van der Waals surface area contributed by atoms with E-state index < -0.39 is 0 Å². The van der Waals surface area contributed by atoms with Gasteiger partial charge in [0, 0.05) is 5.54 Å². The van der Waals surface area contributed by atoms with Gasteiger partial charge in [0.25, 0.3) is 0 Å². The summed E-state index contributed by atoms with van der Waals surface area (Å²) >= 11 is 0. The van der Waals surface area contributed by atoms with E-state index in [1.165, 1.54) is 109 Å². The van der Waals surface area contributed by atoms with E-state index in [2.05, 4.69) is 27.7 Å². The fraction of sp³-hybridized carbons (Fsp3) is 1.00. The summed E-state index contributed by atoms with van der Waals surface area (Å²) in [6, 6.07) is 0. The highest BCUT2D eigenvalue weighted by Crippen LogP contribution is 2.25. The highest BCUT2D eigenvalue weighted by Gasteiger charge is 2.23. The number of rotatable bonds is 18. The molecule has 0 radical (unpaired) electrons. The van der Waals surface area contributed by atoms with E-state index in [4.69, 9.17) is 5.73 Å². The first-order valence-electron chi connectivity index (χ1n) is 11.3. The molecule has 0 bridgehead atoms. The molecule has 1 atom stereocenters. The van der Waals surface area contributed by atoms with E-state index in [-0.39, 0.29) is 17.9 Å². The Morgan fingerprint density at radius 1 is 0.560 bits per heavy atom. The van der Waals surface area contributed by atoms with E-state index in [1.807, 2.05) is 0 Å². The normalized spacial score (nSPS) is 12.8. The molecule has 0 aromatic heterocycles. The molecule has 1 unspecified atom stereocenters. The predicted octanol–water partition coefficient (Wildman–Crippen LogP) is 8.43. The van der Waals surface area contributed by atoms with Crippen LogP contribution in [0.1, 0.15) is 137 Å². The third kappa shape index (κ3) is 18.8. The quantitative estimate of drug-likeness (QED) is 0.239. The van der Waals surface area contributed by atoms with Gasteiger partial charge in [-0.3, -0.25) is 0 Å². The Morgan fingerprint density at radius 2 is 0.920 bits per heavy atom. The van der Waals surface area contributed by atoms with Gasteiger partial charge in [0.05, 0.1) is 0 Å². The number of hydrogen-bond acceptors (Lipinski definition) is 1. The number of unbranched alkanes of at least 4 members (excludes halogenated alkanes) is 13. The van der Waals surface area contributed by atoms with Crippen molar-refractivity contribution in [3.63, 3.8) is 0 Å². The third-order valence-electron chi connectivity index (χ3n) is 5.60. The van der Waals surface area contributed by atoms with Crippen LogP contribution in [0.3, 0.4) is 0 Å². The van der Waals surface area contributed by atoms with Crippen LogP contribution in [-0.4, -0.2) is 5.54 Å². The Labute approximate surface area is 166 Å². The highest BCUT2D eigenvalue weighted by molar-refractivity contribution is 5.85. The van der Waals surface area contributed by atoms with Crippen molar-refractivity contribution < 1.29 is 0 Å². The van der Waals surface area contributed by atoms with Crippen molar-refractivity contribution in [1.29, 1.82) is 0 Å². The Bertz CT molecular complexity index is 247. The molecule has 0 aromatic rings. The van der Waals surface area contributed by atoms with Gasteiger partial charge in [-0.1, -0.05) is 110 Å². The maximum atomic E-state index is 6.32. The van der Waals surface area contributed by atoms with E-state index in [9.17, 15) is 0 Å². The molecule has 0 heterocycles. The Kier molecular flexibility index (Phi) is 20.9. The van der Waals surface area contributed by atoms with E-state index in [1.54, 1.807) is 0 Å². The Hall–Kier alpha value is 0.250. The summed E-state index contributed by atoms with van der Waals surface area (Å²) in [5, 5.41) is 0. The maximum absolute atomic E-state index is 6.32. The summed E-state index contributed by atoms with van der Waals surface area (Å²) in [5.41, 5.74) is 6.33. The average molecular weight is 376 g/mol. The molecule has 0 aliphatic heterocycles. The number of nitrogens with two attached hydrogens (primary N) is 1. The van der Waals surface area contributed by atoms with Crippen molar-refractivity contribution in [2.24, 2.45) is 11.7 Å². The first-order chi connectivity index (χ1) is 11.5. The molecule has 0 aliphatic carbocycles. The fourth-order valence-corrected chi connectivity index (χ4v) is 3.82. The Balaban J connectivity index is 0. The zero-order chi connectivity index (χ0) is 18.1. The lowest BCUT2D eigenvalue weighted by Crippen LogP contribution is -2.40. The largest absolute Gasteiger partial charge is 0.325 e. The molecule has 0 fully saturated rings. The zero-order valence-corrected chi connectivity index (χ0v) is 18.9. The SMILES string of the molecule is CCCCCCCCCCCCCCCCC(CCC)C(C)(C)N.Cl. The first-order valence-corrected chi connectivity index (χ1v) is 11.3. The summed E-state index contributed by atoms with van der Waals surface area (Å²) in [6.45, 7) is 8.99. The van der Waals surface area contributed by atoms with Crippen LogP contribution in [0.2, 0.25) is 0 Å². The van der Waals surface area contributed by atoms with Crippen LogP contribution in [0.5, 0.6) is 0 Å². The minimum absolute atomic E-state index is 0. The van der Waals surface area contributed by atoms with Crippen molar-refractivity contribution in [2.45, 2.75) is 142 Å². The molecule has 0 spiro atoms. The molecule has 0 aliphatic rings. The molecule has 2 heteroatoms. The molecule has 0 saturated heterocycles. The van der Waals surface area contributed by atoms with Crippen LogP contribution < -0.4 is 5.73 Å². The lowest BCUT2D eigenvalue weighted by atomic mass is 9.81. The van der Waals surface area contributed by atoms with Crippen LogP contribution in [0, 0.1) is 5.92 Å². The molecule has 0 amide bonds. The molecule has 25 heavy (non-hydrogen) atoms. The van der Waals surface area contributed by atoms with Crippen molar-refractivity contribution >= 4 is 12.4 Å². The summed E-state index contributed by atoms with van der Waals surface area (Å²) < 4.78 is 0. The van der Waals surface area contributed by atoms with E-state index in [0.717, 1.165) is 0 Å². The van der Waals surface area contributed by atoms with Gasteiger partial charge in [0.1, 0.15) is 0 Å². The number of halogens is 1. The first kappa shape index (κ1) is 27.5. The summed E-state index contributed by atoms with van der Waals surface area (Å²) in [7, 11) is 0. The van der Waals surface area contributed by atoms with Crippen LogP contribution in [0.15, 0.2) is 0 Å². The van der Waals surface area contributed by atoms with Crippen LogP contribution in [0.4, 0.5) is 0 Å². The van der Waals surface area contributed by atoms with Crippen molar-refractivity contribution in [1.82, 2.24) is 0 Å². The van der Waals surface area contributed by atoms with Crippen LogP contribution in [-0.2, 0) is 0 Å². The van der Waals surface area contributed by atoms with Crippen molar-refractivity contribution in [3.8, 4) is 0 Å². The van der Waals surface area contributed by atoms with Gasteiger partial charge in [0.2, 0.25) is 0 Å². The molecule has 154 valence electrons. The second-order valence-corrected chi connectivity index (χ2v) is 8.69. The molecule has 0 saturated carbocycles. The van der Waals surface area contributed by atoms with Crippen LogP contribution >= 0.6 is 12.4 Å². The van der Waals surface area contributed by atoms with Gasteiger partial charge in [0.15, 0.2) is 0 Å². The van der Waals surface area contributed by atoms with Crippen LogP contribution in [0.25, 0.3) is 0 Å². The minimum Gasteiger partial charge on any atom is -0.325 e. The smallest absolute Gasteiger partial charge is 0.0125 e. The molecular weight excluding hydrogens is 326 g/mol. The topological polar surface area (TPSA) is 26.0 Å². The Morgan fingerprint density at radius 3 is 1.24 bits per heavy atom. The standard InChI is InChI=1S/C23H49N.ClH/c1-5-7-8-9-10-11-12-13-14-15-16-17-18-19-21-22(20-6-2)23(3,4)24;/h22H,5-21,24H2,1-4H3;1H. The maximum Gasteiger partial charge on any atom is 0.0125 e. The van der Waals surface area contributed by atoms with Gasteiger partial charge >= 0.3 is 0 Å². The summed E-state index contributed by atoms with van der Waals surface area (Å²) in [6.07, 6.45) is 24.1. The fourth-order valence-electron chi connectivity index (χ4n) is 3.82. The van der Waals surface area contributed by atoms with Gasteiger partial charge in [-0.2, -0.15) is 0 Å². The lowest BCUT2D eigenvalue weighted by molar-refractivity contribution is 0.273. The lowest BCUT2D eigenvalue weighted by Gasteiger charge is -2.30. The summed E-state index contributed by atoms with van der Waals surface area (Å²) in [4.78, 5) is 0. The highest BCUT2D eigenvalue weighted by atomic mass is 35.5. The van der Waals surface area contributed by atoms with Gasteiger partial charge in [-0.05, 0) is 32.6 Å². The predicted molar refractivity (Wildman–Crippen MR) is 119 cm³/mol. The third-order valence-corrected chi connectivity index (χ3v) is 5.60. The molecule has 1 nitrogen and oxygen atoms in total. The second-order valence-electron chi connectivity index (χ2n) is 8.69. The summed E-state index contributed by atoms with van der Waals surface area (Å²) in [5.74, 6) is 0.708. The minimum atomic E-state index is 0. The van der Waals surface area contributed by atoms with E-state index in [0.29, 0.717) is 5.92 Å².